The van der Waals surface area contributed by atoms with Gasteiger partial charge in [-0.2, -0.15) is 0 Å². The number of rotatable bonds is 7. The van der Waals surface area contributed by atoms with Crippen LogP contribution in [0.2, 0.25) is 0 Å². The second kappa shape index (κ2) is 9.39. The van der Waals surface area contributed by atoms with Gasteiger partial charge in [-0.25, -0.2) is 0 Å². The molecule has 1 aliphatic rings. The van der Waals surface area contributed by atoms with Gasteiger partial charge in [-0.05, 0) is 56.9 Å². The van der Waals surface area contributed by atoms with E-state index in [-0.39, 0.29) is 5.91 Å². The summed E-state index contributed by atoms with van der Waals surface area (Å²) in [6.07, 6.45) is 5.90. The Balaban J connectivity index is 1.68. The summed E-state index contributed by atoms with van der Waals surface area (Å²) in [5, 5.41) is 4.00. The maximum atomic E-state index is 12.8. The van der Waals surface area contributed by atoms with Gasteiger partial charge in [-0.3, -0.25) is 4.79 Å². The molecule has 1 aliphatic carbocycles. The molecule has 0 aliphatic heterocycles. The van der Waals surface area contributed by atoms with Gasteiger partial charge in [0.1, 0.15) is 28.6 Å². The van der Waals surface area contributed by atoms with Crippen LogP contribution in [0.4, 0.5) is 5.69 Å². The van der Waals surface area contributed by atoms with Crippen LogP contribution in [0.3, 0.4) is 0 Å². The highest BCUT2D eigenvalue weighted by atomic mass is 16.5. The highest BCUT2D eigenvalue weighted by Gasteiger charge is 2.20. The average molecular weight is 436 g/mol. The number of carbonyl (C=O) groups is 1. The fourth-order valence-corrected chi connectivity index (χ4v) is 4.23. The highest BCUT2D eigenvalue weighted by molar-refractivity contribution is 6.05. The summed E-state index contributed by atoms with van der Waals surface area (Å²) in [5.41, 5.74) is 4.38. The lowest BCUT2D eigenvalue weighted by molar-refractivity contribution is -0.111. The summed E-state index contributed by atoms with van der Waals surface area (Å²) < 4.78 is 22.6. The van der Waals surface area contributed by atoms with Gasteiger partial charge < -0.3 is 23.9 Å². The van der Waals surface area contributed by atoms with Crippen LogP contribution in [0.15, 0.2) is 40.8 Å². The Bertz CT molecular complexity index is 1170. The average Bonchev–Trinajstić information content (AvgIpc) is 3.16. The predicted molar refractivity (Wildman–Crippen MR) is 126 cm³/mol. The van der Waals surface area contributed by atoms with Crippen molar-refractivity contribution >= 4 is 28.1 Å². The van der Waals surface area contributed by atoms with Crippen molar-refractivity contribution < 1.29 is 23.4 Å². The van der Waals surface area contributed by atoms with Gasteiger partial charge >= 0.3 is 0 Å². The number of hydrogen-bond acceptors (Lipinski definition) is 5. The SMILES string of the molecule is CCOc1cc2oc3c(c2cc1/C(C)=C/C(=O)Nc1cc(OC)ccc1OC)CCCC3. The normalized spacial score (nSPS) is 13.6. The number of allylic oxidation sites excluding steroid dienone is 1. The lowest BCUT2D eigenvalue weighted by Gasteiger charge is -2.13. The van der Waals surface area contributed by atoms with Crippen LogP contribution in [0.25, 0.3) is 16.5 Å². The Morgan fingerprint density at radius 2 is 1.91 bits per heavy atom. The molecule has 3 aromatic rings. The molecule has 0 bridgehead atoms. The zero-order chi connectivity index (χ0) is 22.7. The number of benzene rings is 2. The Kier molecular flexibility index (Phi) is 6.40. The first-order valence-electron chi connectivity index (χ1n) is 11.0. The predicted octanol–water partition coefficient (Wildman–Crippen LogP) is 5.77. The molecule has 1 heterocycles. The number of methoxy groups -OCH3 is 2. The zero-order valence-corrected chi connectivity index (χ0v) is 19.0. The smallest absolute Gasteiger partial charge is 0.248 e. The minimum atomic E-state index is -0.258. The third kappa shape index (κ3) is 4.31. The van der Waals surface area contributed by atoms with Crippen LogP contribution in [0.5, 0.6) is 17.2 Å². The lowest BCUT2D eigenvalue weighted by atomic mass is 9.94. The third-order valence-electron chi connectivity index (χ3n) is 5.79. The molecule has 1 aromatic heterocycles. The highest BCUT2D eigenvalue weighted by Crippen LogP contribution is 2.38. The molecule has 1 amide bonds. The van der Waals surface area contributed by atoms with Gasteiger partial charge in [0.2, 0.25) is 5.91 Å². The molecular formula is C26H29NO5. The molecule has 6 nitrogen and oxygen atoms in total. The monoisotopic (exact) mass is 435 g/mol. The van der Waals surface area contributed by atoms with Crippen molar-refractivity contribution in [2.45, 2.75) is 39.5 Å². The van der Waals surface area contributed by atoms with E-state index in [0.717, 1.165) is 47.1 Å². The molecular weight excluding hydrogens is 406 g/mol. The fourth-order valence-electron chi connectivity index (χ4n) is 4.23. The number of furan rings is 1. The molecule has 0 radical (unpaired) electrons. The van der Waals surface area contributed by atoms with Crippen LogP contribution in [-0.4, -0.2) is 26.7 Å². The first-order valence-corrected chi connectivity index (χ1v) is 11.0. The summed E-state index contributed by atoms with van der Waals surface area (Å²) in [4.78, 5) is 12.8. The van der Waals surface area contributed by atoms with Gasteiger partial charge in [0.25, 0.3) is 0 Å². The van der Waals surface area contributed by atoms with E-state index in [4.69, 9.17) is 18.6 Å². The number of aryl methyl sites for hydroxylation is 2. The summed E-state index contributed by atoms with van der Waals surface area (Å²) in [6, 6.07) is 9.32. The molecule has 0 fully saturated rings. The summed E-state index contributed by atoms with van der Waals surface area (Å²) in [7, 11) is 3.14. The van der Waals surface area contributed by atoms with E-state index in [0.29, 0.717) is 29.5 Å². The Labute approximate surface area is 188 Å². The maximum absolute atomic E-state index is 12.8. The first kappa shape index (κ1) is 21.8. The summed E-state index contributed by atoms with van der Waals surface area (Å²) in [6.45, 7) is 4.39. The van der Waals surface area contributed by atoms with E-state index in [1.807, 2.05) is 19.9 Å². The largest absolute Gasteiger partial charge is 0.497 e. The molecule has 1 N–H and O–H groups in total. The van der Waals surface area contributed by atoms with Crippen LogP contribution in [-0.2, 0) is 17.6 Å². The Hall–Kier alpha value is -3.41. The van der Waals surface area contributed by atoms with E-state index < -0.39 is 0 Å². The number of carbonyl (C=O) groups excluding carboxylic acids is 1. The van der Waals surface area contributed by atoms with Crippen LogP contribution < -0.4 is 19.5 Å². The van der Waals surface area contributed by atoms with Crippen molar-refractivity contribution in [1.29, 1.82) is 0 Å². The molecule has 0 saturated heterocycles. The fraction of sp³-hybridized carbons (Fsp3) is 0.346. The molecule has 32 heavy (non-hydrogen) atoms. The van der Waals surface area contributed by atoms with Crippen molar-refractivity contribution in [1.82, 2.24) is 0 Å². The molecule has 2 aromatic carbocycles. The maximum Gasteiger partial charge on any atom is 0.248 e. The van der Waals surface area contributed by atoms with Crippen molar-refractivity contribution in [3.8, 4) is 17.2 Å². The second-order valence-corrected chi connectivity index (χ2v) is 7.87. The van der Waals surface area contributed by atoms with E-state index in [1.54, 1.807) is 38.5 Å². The van der Waals surface area contributed by atoms with Crippen molar-refractivity contribution in [2.75, 3.05) is 26.1 Å². The van der Waals surface area contributed by atoms with E-state index in [1.165, 1.54) is 12.0 Å². The number of hydrogen-bond donors (Lipinski definition) is 1. The minimum absolute atomic E-state index is 0.258. The number of ether oxygens (including phenoxy) is 3. The molecule has 0 saturated carbocycles. The van der Waals surface area contributed by atoms with Gasteiger partial charge in [0.05, 0.1) is 26.5 Å². The third-order valence-corrected chi connectivity index (χ3v) is 5.79. The number of amides is 1. The molecule has 6 heteroatoms. The molecule has 0 unspecified atom stereocenters. The van der Waals surface area contributed by atoms with Crippen molar-refractivity contribution in [3.05, 3.63) is 53.3 Å². The lowest BCUT2D eigenvalue weighted by Crippen LogP contribution is -2.10. The van der Waals surface area contributed by atoms with E-state index in [9.17, 15) is 4.79 Å². The standard InChI is InChI=1S/C26H29NO5/c1-5-31-24-15-25-20(18-8-6-7-9-22(18)32-25)14-19(24)16(2)12-26(28)27-21-13-17(29-3)10-11-23(21)30-4/h10-15H,5-9H2,1-4H3,(H,27,28)/b16-12+. The van der Waals surface area contributed by atoms with Gasteiger partial charge in [-0.1, -0.05) is 0 Å². The number of anilines is 1. The molecule has 4 rings (SSSR count). The second-order valence-electron chi connectivity index (χ2n) is 7.87. The molecule has 0 atom stereocenters. The van der Waals surface area contributed by atoms with E-state index >= 15 is 0 Å². The van der Waals surface area contributed by atoms with Gasteiger partial charge in [-0.15, -0.1) is 0 Å². The van der Waals surface area contributed by atoms with Crippen LogP contribution in [0, 0.1) is 0 Å². The Morgan fingerprint density at radius 1 is 1.09 bits per heavy atom. The minimum Gasteiger partial charge on any atom is -0.497 e. The number of nitrogens with one attached hydrogen (secondary N) is 1. The van der Waals surface area contributed by atoms with Crippen molar-refractivity contribution in [3.63, 3.8) is 0 Å². The summed E-state index contributed by atoms with van der Waals surface area (Å²) >= 11 is 0. The first-order chi connectivity index (χ1) is 15.5. The topological polar surface area (TPSA) is 69.9 Å². The van der Waals surface area contributed by atoms with Crippen molar-refractivity contribution in [2.24, 2.45) is 0 Å². The molecule has 0 spiro atoms. The zero-order valence-electron chi connectivity index (χ0n) is 19.0. The quantitative estimate of drug-likeness (QED) is 0.477. The van der Waals surface area contributed by atoms with Crippen LogP contribution in [0.1, 0.15) is 43.6 Å². The Morgan fingerprint density at radius 3 is 2.66 bits per heavy atom. The molecule has 168 valence electrons. The van der Waals surface area contributed by atoms with E-state index in [2.05, 4.69) is 11.4 Å². The summed E-state index contributed by atoms with van der Waals surface area (Å²) in [5.74, 6) is 2.73. The van der Waals surface area contributed by atoms with Gasteiger partial charge in [0.15, 0.2) is 0 Å². The number of fused-ring (bicyclic) bond motifs is 3. The van der Waals surface area contributed by atoms with Crippen LogP contribution >= 0.6 is 0 Å². The van der Waals surface area contributed by atoms with Gasteiger partial charge in [0, 0.05) is 41.1 Å².